The molecule has 0 radical (unpaired) electrons. The minimum absolute atomic E-state index is 0.0359. The quantitative estimate of drug-likeness (QED) is 0.619. The Labute approximate surface area is 70.0 Å². The fraction of sp³-hybridized carbons (Fsp3) is 0.600. The van der Waals surface area contributed by atoms with E-state index in [1.54, 1.807) is 0 Å². The van der Waals surface area contributed by atoms with Crippen LogP contribution in [0.3, 0.4) is 0 Å². The monoisotopic (exact) mass is 153 g/mol. The van der Waals surface area contributed by atoms with E-state index in [-0.39, 0.29) is 11.5 Å². The molecule has 1 unspecified atom stereocenters. The Bertz CT molecular complexity index is 175. The molecule has 0 bridgehead atoms. The maximum Gasteiger partial charge on any atom is 0.0102 e. The van der Waals surface area contributed by atoms with Crippen molar-refractivity contribution in [2.75, 3.05) is 0 Å². The Kier molecular flexibility index (Phi) is 3.06. The molecular formula is C10H19N. The van der Waals surface area contributed by atoms with Crippen LogP contribution in [0, 0.1) is 5.41 Å². The van der Waals surface area contributed by atoms with Crippen LogP contribution < -0.4 is 5.73 Å². The average molecular weight is 153 g/mol. The van der Waals surface area contributed by atoms with Gasteiger partial charge in [0.25, 0.3) is 0 Å². The van der Waals surface area contributed by atoms with Gasteiger partial charge in [0.2, 0.25) is 0 Å². The lowest BCUT2D eigenvalue weighted by Gasteiger charge is -2.31. The first-order valence-corrected chi connectivity index (χ1v) is 3.91. The summed E-state index contributed by atoms with van der Waals surface area (Å²) in [5, 5.41) is 0. The summed E-state index contributed by atoms with van der Waals surface area (Å²) in [5.41, 5.74) is 7.84. The van der Waals surface area contributed by atoms with Gasteiger partial charge in [-0.3, -0.25) is 0 Å². The molecule has 0 saturated carbocycles. The SMILES string of the molecule is C=C(C)C(=C)C(C)(C)C(C)N. The number of rotatable bonds is 3. The van der Waals surface area contributed by atoms with E-state index in [1.165, 1.54) is 0 Å². The van der Waals surface area contributed by atoms with Crippen molar-refractivity contribution in [3.8, 4) is 0 Å². The molecule has 0 aromatic carbocycles. The van der Waals surface area contributed by atoms with Crippen molar-refractivity contribution in [1.29, 1.82) is 0 Å². The third-order valence-electron chi connectivity index (χ3n) is 2.43. The molecular weight excluding hydrogens is 134 g/mol. The van der Waals surface area contributed by atoms with Gasteiger partial charge in [0, 0.05) is 11.5 Å². The van der Waals surface area contributed by atoms with Gasteiger partial charge in [0.15, 0.2) is 0 Å². The van der Waals surface area contributed by atoms with Gasteiger partial charge in [0.1, 0.15) is 0 Å². The Balaban J connectivity index is 4.56. The molecule has 0 amide bonds. The molecule has 0 aliphatic heterocycles. The van der Waals surface area contributed by atoms with Crippen LogP contribution in [0.15, 0.2) is 24.3 Å². The van der Waals surface area contributed by atoms with Crippen molar-refractivity contribution in [2.24, 2.45) is 11.1 Å². The highest BCUT2D eigenvalue weighted by molar-refractivity contribution is 5.30. The van der Waals surface area contributed by atoms with Crippen molar-refractivity contribution in [1.82, 2.24) is 0 Å². The number of hydrogen-bond donors (Lipinski definition) is 1. The highest BCUT2D eigenvalue weighted by Gasteiger charge is 2.26. The van der Waals surface area contributed by atoms with Crippen LogP contribution in [0.4, 0.5) is 0 Å². The van der Waals surface area contributed by atoms with E-state index < -0.39 is 0 Å². The first-order valence-electron chi connectivity index (χ1n) is 3.91. The third kappa shape index (κ3) is 2.19. The minimum Gasteiger partial charge on any atom is -0.327 e. The minimum atomic E-state index is -0.0359. The standard InChI is InChI=1S/C10H19N/c1-7(2)8(3)10(5,6)9(4)11/h9H,1,3,11H2,2,4-6H3. The topological polar surface area (TPSA) is 26.0 Å². The molecule has 2 N–H and O–H groups in total. The molecule has 0 spiro atoms. The van der Waals surface area contributed by atoms with Crippen molar-refractivity contribution >= 4 is 0 Å². The molecule has 1 nitrogen and oxygen atoms in total. The molecule has 0 aromatic rings. The summed E-state index contributed by atoms with van der Waals surface area (Å²) in [7, 11) is 0. The lowest BCUT2D eigenvalue weighted by atomic mass is 9.77. The van der Waals surface area contributed by atoms with E-state index in [0.717, 1.165) is 11.1 Å². The van der Waals surface area contributed by atoms with Gasteiger partial charge in [-0.1, -0.05) is 32.6 Å². The summed E-state index contributed by atoms with van der Waals surface area (Å²) in [6.07, 6.45) is 0. The van der Waals surface area contributed by atoms with Crippen LogP contribution >= 0.6 is 0 Å². The zero-order valence-electron chi connectivity index (χ0n) is 8.07. The molecule has 64 valence electrons. The van der Waals surface area contributed by atoms with Crippen molar-refractivity contribution < 1.29 is 0 Å². The van der Waals surface area contributed by atoms with E-state index >= 15 is 0 Å². The summed E-state index contributed by atoms with van der Waals surface area (Å²) in [6.45, 7) is 16.0. The highest BCUT2D eigenvalue weighted by Crippen LogP contribution is 2.31. The predicted octanol–water partition coefficient (Wildman–Crippen LogP) is 2.49. The zero-order chi connectivity index (χ0) is 9.23. The third-order valence-corrected chi connectivity index (χ3v) is 2.43. The normalized spacial score (nSPS) is 14.3. The van der Waals surface area contributed by atoms with Crippen molar-refractivity contribution in [3.05, 3.63) is 24.3 Å². The molecule has 0 aliphatic carbocycles. The van der Waals surface area contributed by atoms with Gasteiger partial charge in [-0.05, 0) is 19.4 Å². The van der Waals surface area contributed by atoms with Crippen LogP contribution in [0.5, 0.6) is 0 Å². The van der Waals surface area contributed by atoms with Crippen LogP contribution in [0.25, 0.3) is 0 Å². The predicted molar refractivity (Wildman–Crippen MR) is 51.4 cm³/mol. The maximum absolute atomic E-state index is 5.81. The number of allylic oxidation sites excluding steroid dienone is 1. The molecule has 0 saturated heterocycles. The molecule has 0 fully saturated rings. The smallest absolute Gasteiger partial charge is 0.0102 e. The van der Waals surface area contributed by atoms with Crippen LogP contribution in [0.2, 0.25) is 0 Å². The van der Waals surface area contributed by atoms with Crippen LogP contribution in [0.1, 0.15) is 27.7 Å². The maximum atomic E-state index is 5.81. The van der Waals surface area contributed by atoms with Gasteiger partial charge in [-0.2, -0.15) is 0 Å². The molecule has 1 atom stereocenters. The second-order valence-electron chi connectivity index (χ2n) is 3.77. The average Bonchev–Trinajstić information content (AvgIpc) is 1.85. The Hall–Kier alpha value is -0.560. The molecule has 1 heteroatoms. The van der Waals surface area contributed by atoms with E-state index in [1.807, 2.05) is 13.8 Å². The van der Waals surface area contributed by atoms with Crippen molar-refractivity contribution in [2.45, 2.75) is 33.7 Å². The molecule has 0 rings (SSSR count). The van der Waals surface area contributed by atoms with Gasteiger partial charge < -0.3 is 5.73 Å². The van der Waals surface area contributed by atoms with Crippen molar-refractivity contribution in [3.63, 3.8) is 0 Å². The summed E-state index contributed by atoms with van der Waals surface area (Å²) < 4.78 is 0. The van der Waals surface area contributed by atoms with E-state index in [9.17, 15) is 0 Å². The second kappa shape index (κ2) is 3.22. The largest absolute Gasteiger partial charge is 0.327 e. The fourth-order valence-electron chi connectivity index (χ4n) is 0.825. The van der Waals surface area contributed by atoms with Crippen LogP contribution in [-0.2, 0) is 0 Å². The van der Waals surface area contributed by atoms with Gasteiger partial charge in [-0.15, -0.1) is 0 Å². The lowest BCUT2D eigenvalue weighted by molar-refractivity contribution is 0.373. The summed E-state index contributed by atoms with van der Waals surface area (Å²) >= 11 is 0. The zero-order valence-corrected chi connectivity index (χ0v) is 8.07. The summed E-state index contributed by atoms with van der Waals surface area (Å²) in [4.78, 5) is 0. The Morgan fingerprint density at radius 2 is 1.73 bits per heavy atom. The summed E-state index contributed by atoms with van der Waals surface area (Å²) in [5.74, 6) is 0. The van der Waals surface area contributed by atoms with E-state index in [4.69, 9.17) is 5.73 Å². The van der Waals surface area contributed by atoms with E-state index in [0.29, 0.717) is 0 Å². The lowest BCUT2D eigenvalue weighted by Crippen LogP contribution is -2.35. The molecule has 0 aromatic heterocycles. The fourth-order valence-corrected chi connectivity index (χ4v) is 0.825. The van der Waals surface area contributed by atoms with Gasteiger partial charge in [0.05, 0.1) is 0 Å². The van der Waals surface area contributed by atoms with Gasteiger partial charge >= 0.3 is 0 Å². The van der Waals surface area contributed by atoms with Gasteiger partial charge in [-0.25, -0.2) is 0 Å². The van der Waals surface area contributed by atoms with E-state index in [2.05, 4.69) is 27.0 Å². The first kappa shape index (κ1) is 10.4. The van der Waals surface area contributed by atoms with Crippen LogP contribution in [-0.4, -0.2) is 6.04 Å². The highest BCUT2D eigenvalue weighted by atomic mass is 14.7. The first-order chi connectivity index (χ1) is 4.80. The summed E-state index contributed by atoms with van der Waals surface area (Å²) in [6, 6.07) is 0.117. The molecule has 11 heavy (non-hydrogen) atoms. The number of hydrogen-bond acceptors (Lipinski definition) is 1. The Morgan fingerprint density at radius 1 is 1.36 bits per heavy atom. The molecule has 0 heterocycles. The molecule has 0 aliphatic rings. The second-order valence-corrected chi connectivity index (χ2v) is 3.77. The Morgan fingerprint density at radius 3 is 1.82 bits per heavy atom. The number of nitrogens with two attached hydrogens (primary N) is 1.